The zero-order valence-corrected chi connectivity index (χ0v) is 10.7. The summed E-state index contributed by atoms with van der Waals surface area (Å²) in [7, 11) is 0. The summed E-state index contributed by atoms with van der Waals surface area (Å²) in [5.74, 6) is -0.489. The minimum atomic E-state index is -4.34. The number of nitrogens with zero attached hydrogens (tertiary/aromatic N) is 1. The molecule has 1 heterocycles. The molecule has 20 heavy (non-hydrogen) atoms. The van der Waals surface area contributed by atoms with Crippen molar-refractivity contribution in [2.75, 3.05) is 19.8 Å². The summed E-state index contributed by atoms with van der Waals surface area (Å²) in [6, 6.07) is 4.36. The number of rotatable bonds is 3. The van der Waals surface area contributed by atoms with Crippen molar-refractivity contribution < 1.29 is 22.7 Å². The monoisotopic (exact) mass is 288 g/mol. The predicted octanol–water partition coefficient (Wildman–Crippen LogP) is 1.39. The van der Waals surface area contributed by atoms with Crippen molar-refractivity contribution in [1.29, 1.82) is 0 Å². The van der Waals surface area contributed by atoms with E-state index < -0.39 is 23.7 Å². The van der Waals surface area contributed by atoms with Crippen molar-refractivity contribution >= 4 is 5.91 Å². The normalized spacial score (nSPS) is 20.9. The smallest absolute Gasteiger partial charge is 0.378 e. The fourth-order valence-corrected chi connectivity index (χ4v) is 2.12. The predicted molar refractivity (Wildman–Crippen MR) is 65.7 cm³/mol. The SMILES string of the molecule is NC(=O)C1COCCN1Cc1ccc(C(F)(F)F)cc1. The lowest BCUT2D eigenvalue weighted by molar-refractivity contribution is -0.137. The number of amides is 1. The van der Waals surface area contributed by atoms with Crippen LogP contribution in [0, 0.1) is 0 Å². The first-order valence-corrected chi connectivity index (χ1v) is 6.15. The summed E-state index contributed by atoms with van der Waals surface area (Å²) < 4.78 is 42.6. The molecule has 0 radical (unpaired) electrons. The van der Waals surface area contributed by atoms with Crippen molar-refractivity contribution in [2.24, 2.45) is 5.73 Å². The van der Waals surface area contributed by atoms with Crippen LogP contribution in [0.4, 0.5) is 13.2 Å². The zero-order chi connectivity index (χ0) is 14.8. The van der Waals surface area contributed by atoms with Gasteiger partial charge >= 0.3 is 6.18 Å². The van der Waals surface area contributed by atoms with E-state index in [-0.39, 0.29) is 6.61 Å². The van der Waals surface area contributed by atoms with Gasteiger partial charge in [0.15, 0.2) is 0 Å². The van der Waals surface area contributed by atoms with E-state index >= 15 is 0 Å². The number of benzene rings is 1. The van der Waals surface area contributed by atoms with Gasteiger partial charge in [-0.3, -0.25) is 9.69 Å². The Labute approximate surface area is 114 Å². The highest BCUT2D eigenvalue weighted by Crippen LogP contribution is 2.29. The number of carbonyl (C=O) groups is 1. The van der Waals surface area contributed by atoms with Crippen LogP contribution in [-0.2, 0) is 22.3 Å². The van der Waals surface area contributed by atoms with Gasteiger partial charge in [-0.05, 0) is 17.7 Å². The Morgan fingerprint density at radius 1 is 1.35 bits per heavy atom. The van der Waals surface area contributed by atoms with Crippen LogP contribution in [0.2, 0.25) is 0 Å². The summed E-state index contributed by atoms with van der Waals surface area (Å²) in [5.41, 5.74) is 5.30. The first-order chi connectivity index (χ1) is 9.38. The molecule has 0 spiro atoms. The minimum absolute atomic E-state index is 0.218. The summed E-state index contributed by atoms with van der Waals surface area (Å²) in [4.78, 5) is 13.1. The second-order valence-electron chi connectivity index (χ2n) is 4.66. The Hall–Kier alpha value is -1.60. The van der Waals surface area contributed by atoms with Gasteiger partial charge in [-0.2, -0.15) is 13.2 Å². The molecular formula is C13H15F3N2O2. The number of alkyl halides is 3. The van der Waals surface area contributed by atoms with E-state index in [2.05, 4.69) is 0 Å². The third-order valence-corrected chi connectivity index (χ3v) is 3.23. The lowest BCUT2D eigenvalue weighted by Crippen LogP contribution is -2.51. The van der Waals surface area contributed by atoms with Crippen LogP contribution in [-0.4, -0.2) is 36.6 Å². The molecule has 1 amide bonds. The molecule has 1 aromatic carbocycles. The van der Waals surface area contributed by atoms with Crippen LogP contribution in [0.3, 0.4) is 0 Å². The fourth-order valence-electron chi connectivity index (χ4n) is 2.12. The zero-order valence-electron chi connectivity index (χ0n) is 10.7. The first kappa shape index (κ1) is 14.8. The highest BCUT2D eigenvalue weighted by atomic mass is 19.4. The van der Waals surface area contributed by atoms with Gasteiger partial charge < -0.3 is 10.5 Å². The molecule has 0 saturated carbocycles. The Bertz CT molecular complexity index is 473. The molecular weight excluding hydrogens is 273 g/mol. The number of hydrogen-bond acceptors (Lipinski definition) is 3. The van der Waals surface area contributed by atoms with E-state index in [1.807, 2.05) is 4.90 Å². The number of halogens is 3. The summed E-state index contributed by atoms with van der Waals surface area (Å²) in [6.45, 7) is 1.59. The molecule has 0 aromatic heterocycles. The molecule has 1 atom stereocenters. The van der Waals surface area contributed by atoms with Crippen LogP contribution in [0.1, 0.15) is 11.1 Å². The maximum absolute atomic E-state index is 12.5. The Morgan fingerprint density at radius 2 is 2.00 bits per heavy atom. The molecule has 0 aliphatic carbocycles. The Kier molecular flexibility index (Phi) is 4.29. The molecule has 2 rings (SSSR count). The topological polar surface area (TPSA) is 55.6 Å². The molecule has 4 nitrogen and oxygen atoms in total. The van der Waals surface area contributed by atoms with Gasteiger partial charge in [0, 0.05) is 13.1 Å². The molecule has 1 aromatic rings. The van der Waals surface area contributed by atoms with E-state index in [1.54, 1.807) is 0 Å². The number of carbonyl (C=O) groups excluding carboxylic acids is 1. The third kappa shape index (κ3) is 3.49. The number of nitrogens with two attached hydrogens (primary N) is 1. The van der Waals surface area contributed by atoms with Gasteiger partial charge in [-0.1, -0.05) is 12.1 Å². The van der Waals surface area contributed by atoms with Crippen molar-refractivity contribution in [3.05, 3.63) is 35.4 Å². The molecule has 110 valence electrons. The van der Waals surface area contributed by atoms with E-state index in [0.717, 1.165) is 12.1 Å². The standard InChI is InChI=1S/C13H15F3N2O2/c14-13(15,16)10-3-1-9(2-4-10)7-18-5-6-20-8-11(18)12(17)19/h1-4,11H,5-8H2,(H2,17,19). The highest BCUT2D eigenvalue weighted by molar-refractivity contribution is 5.80. The van der Waals surface area contributed by atoms with Crippen LogP contribution >= 0.6 is 0 Å². The van der Waals surface area contributed by atoms with Crippen LogP contribution < -0.4 is 5.73 Å². The van der Waals surface area contributed by atoms with Gasteiger partial charge in [0.05, 0.1) is 18.8 Å². The summed E-state index contributed by atoms with van der Waals surface area (Å²) >= 11 is 0. The lowest BCUT2D eigenvalue weighted by Gasteiger charge is -2.33. The second kappa shape index (κ2) is 5.80. The number of primary amides is 1. The highest BCUT2D eigenvalue weighted by Gasteiger charge is 2.31. The van der Waals surface area contributed by atoms with Crippen molar-refractivity contribution in [1.82, 2.24) is 4.90 Å². The van der Waals surface area contributed by atoms with Crippen LogP contribution in [0.5, 0.6) is 0 Å². The summed E-state index contributed by atoms with van der Waals surface area (Å²) in [5, 5.41) is 0. The van der Waals surface area contributed by atoms with E-state index in [1.165, 1.54) is 12.1 Å². The molecule has 1 saturated heterocycles. The number of ether oxygens (including phenoxy) is 1. The molecule has 1 aliphatic heterocycles. The summed E-state index contributed by atoms with van der Waals surface area (Å²) in [6.07, 6.45) is -4.34. The maximum Gasteiger partial charge on any atom is 0.416 e. The first-order valence-electron chi connectivity index (χ1n) is 6.15. The Balaban J connectivity index is 2.07. The van der Waals surface area contributed by atoms with E-state index in [4.69, 9.17) is 10.5 Å². The lowest BCUT2D eigenvalue weighted by atomic mass is 10.1. The fraction of sp³-hybridized carbons (Fsp3) is 0.462. The van der Waals surface area contributed by atoms with Crippen molar-refractivity contribution in [3.63, 3.8) is 0 Å². The average molecular weight is 288 g/mol. The molecule has 1 fully saturated rings. The molecule has 1 aliphatic rings. The van der Waals surface area contributed by atoms with Crippen LogP contribution in [0.25, 0.3) is 0 Å². The molecule has 2 N–H and O–H groups in total. The van der Waals surface area contributed by atoms with Gasteiger partial charge in [0.1, 0.15) is 6.04 Å². The minimum Gasteiger partial charge on any atom is -0.378 e. The molecule has 7 heteroatoms. The number of morpholine rings is 1. The third-order valence-electron chi connectivity index (χ3n) is 3.23. The Morgan fingerprint density at radius 3 is 2.55 bits per heavy atom. The maximum atomic E-state index is 12.5. The van der Waals surface area contributed by atoms with Gasteiger partial charge in [0.25, 0.3) is 0 Å². The number of hydrogen-bond donors (Lipinski definition) is 1. The van der Waals surface area contributed by atoms with Gasteiger partial charge in [0.2, 0.25) is 5.91 Å². The van der Waals surface area contributed by atoms with Gasteiger partial charge in [-0.25, -0.2) is 0 Å². The van der Waals surface area contributed by atoms with Gasteiger partial charge in [-0.15, -0.1) is 0 Å². The van der Waals surface area contributed by atoms with Crippen molar-refractivity contribution in [3.8, 4) is 0 Å². The quantitative estimate of drug-likeness (QED) is 0.914. The second-order valence-corrected chi connectivity index (χ2v) is 4.66. The van der Waals surface area contributed by atoms with Crippen molar-refractivity contribution in [2.45, 2.75) is 18.8 Å². The van der Waals surface area contributed by atoms with Crippen LogP contribution in [0.15, 0.2) is 24.3 Å². The average Bonchev–Trinajstić information content (AvgIpc) is 2.38. The molecule has 0 bridgehead atoms. The largest absolute Gasteiger partial charge is 0.416 e. The van der Waals surface area contributed by atoms with E-state index in [0.29, 0.717) is 25.3 Å². The molecule has 1 unspecified atom stereocenters. The van der Waals surface area contributed by atoms with E-state index in [9.17, 15) is 18.0 Å².